The third kappa shape index (κ3) is 6.48. The van der Waals surface area contributed by atoms with Gasteiger partial charge in [0.1, 0.15) is 6.04 Å². The van der Waals surface area contributed by atoms with Crippen molar-refractivity contribution in [3.63, 3.8) is 0 Å². The number of hydrogen-bond acceptors (Lipinski definition) is 5. The van der Waals surface area contributed by atoms with Crippen LogP contribution in [0.1, 0.15) is 32.3 Å². The van der Waals surface area contributed by atoms with E-state index in [-0.39, 0.29) is 11.8 Å². The molecule has 0 fully saturated rings. The first-order valence-electron chi connectivity index (χ1n) is 7.35. The van der Waals surface area contributed by atoms with Crippen LogP contribution in [0.5, 0.6) is 0 Å². The molecule has 0 spiro atoms. The third-order valence-electron chi connectivity index (χ3n) is 3.21. The molecular weight excluding hydrogens is 298 g/mol. The molecule has 1 atom stereocenters. The molecule has 7 heteroatoms. The zero-order chi connectivity index (χ0) is 17.4. The normalized spacial score (nSPS) is 11.5. The number of methoxy groups -OCH3 is 1. The van der Waals surface area contributed by atoms with Crippen LogP contribution < -0.4 is 16.4 Å². The zero-order valence-electron chi connectivity index (χ0n) is 13.6. The first kappa shape index (κ1) is 18.6. The number of anilines is 2. The number of carbonyl (C=O) groups is 3. The predicted octanol–water partition coefficient (Wildman–Crippen LogP) is 1.43. The SMILES string of the molecule is COC(=O)C(N)CCCc1ccc(NC(C)=O)cc1NC(C)=O. The van der Waals surface area contributed by atoms with Crippen molar-refractivity contribution in [2.45, 2.75) is 39.2 Å². The van der Waals surface area contributed by atoms with Crippen molar-refractivity contribution in [2.24, 2.45) is 5.73 Å². The van der Waals surface area contributed by atoms with E-state index in [4.69, 9.17) is 5.73 Å². The Labute approximate surface area is 135 Å². The van der Waals surface area contributed by atoms with Crippen molar-refractivity contribution in [1.82, 2.24) is 0 Å². The fourth-order valence-electron chi connectivity index (χ4n) is 2.16. The van der Waals surface area contributed by atoms with Crippen LogP contribution in [-0.4, -0.2) is 30.9 Å². The first-order chi connectivity index (χ1) is 10.8. The minimum Gasteiger partial charge on any atom is -0.468 e. The van der Waals surface area contributed by atoms with Crippen molar-refractivity contribution in [2.75, 3.05) is 17.7 Å². The third-order valence-corrected chi connectivity index (χ3v) is 3.21. The van der Waals surface area contributed by atoms with Crippen LogP contribution in [0, 0.1) is 0 Å². The van der Waals surface area contributed by atoms with Crippen LogP contribution in [0.25, 0.3) is 0 Å². The Kier molecular flexibility index (Phi) is 7.21. The smallest absolute Gasteiger partial charge is 0.322 e. The van der Waals surface area contributed by atoms with Gasteiger partial charge >= 0.3 is 5.97 Å². The fourth-order valence-corrected chi connectivity index (χ4v) is 2.16. The van der Waals surface area contributed by atoms with Gasteiger partial charge in [-0.05, 0) is 37.0 Å². The van der Waals surface area contributed by atoms with E-state index in [1.165, 1.54) is 21.0 Å². The van der Waals surface area contributed by atoms with Gasteiger partial charge in [0.2, 0.25) is 11.8 Å². The van der Waals surface area contributed by atoms with Gasteiger partial charge in [-0.15, -0.1) is 0 Å². The van der Waals surface area contributed by atoms with Crippen molar-refractivity contribution in [1.29, 1.82) is 0 Å². The topological polar surface area (TPSA) is 111 Å². The summed E-state index contributed by atoms with van der Waals surface area (Å²) in [6.45, 7) is 2.84. The second-order valence-corrected chi connectivity index (χ2v) is 5.26. The second-order valence-electron chi connectivity index (χ2n) is 5.26. The maximum atomic E-state index is 11.3. The van der Waals surface area contributed by atoms with E-state index in [1.54, 1.807) is 12.1 Å². The monoisotopic (exact) mass is 321 g/mol. The van der Waals surface area contributed by atoms with Gasteiger partial charge < -0.3 is 21.1 Å². The molecule has 1 aromatic carbocycles. The maximum Gasteiger partial charge on any atom is 0.322 e. The Morgan fingerprint density at radius 2 is 1.83 bits per heavy atom. The number of hydrogen-bond donors (Lipinski definition) is 3. The molecule has 1 unspecified atom stereocenters. The van der Waals surface area contributed by atoms with E-state index in [0.717, 1.165) is 5.56 Å². The predicted molar refractivity (Wildman–Crippen MR) is 88.0 cm³/mol. The summed E-state index contributed by atoms with van der Waals surface area (Å²) in [5.41, 5.74) is 7.85. The average molecular weight is 321 g/mol. The molecule has 1 rings (SSSR count). The van der Waals surface area contributed by atoms with Crippen LogP contribution in [0.2, 0.25) is 0 Å². The highest BCUT2D eigenvalue weighted by atomic mass is 16.5. The van der Waals surface area contributed by atoms with Crippen LogP contribution >= 0.6 is 0 Å². The van der Waals surface area contributed by atoms with Crippen LogP contribution in [0.15, 0.2) is 18.2 Å². The number of rotatable bonds is 7. The molecule has 2 amide bonds. The lowest BCUT2D eigenvalue weighted by Gasteiger charge is -2.13. The highest BCUT2D eigenvalue weighted by Crippen LogP contribution is 2.23. The quantitative estimate of drug-likeness (QED) is 0.658. The Balaban J connectivity index is 2.77. The van der Waals surface area contributed by atoms with Crippen molar-refractivity contribution < 1.29 is 19.1 Å². The summed E-state index contributed by atoms with van der Waals surface area (Å²) in [4.78, 5) is 33.7. The zero-order valence-corrected chi connectivity index (χ0v) is 13.6. The Hall–Kier alpha value is -2.41. The van der Waals surface area contributed by atoms with E-state index in [2.05, 4.69) is 15.4 Å². The molecule has 0 heterocycles. The van der Waals surface area contributed by atoms with Gasteiger partial charge in [-0.2, -0.15) is 0 Å². The van der Waals surface area contributed by atoms with Gasteiger partial charge in [-0.3, -0.25) is 14.4 Å². The number of nitrogens with one attached hydrogen (secondary N) is 2. The number of nitrogens with two attached hydrogens (primary N) is 1. The molecule has 0 aromatic heterocycles. The minimum absolute atomic E-state index is 0.185. The van der Waals surface area contributed by atoms with E-state index in [1.807, 2.05) is 6.07 Å². The number of carbonyl (C=O) groups excluding carboxylic acids is 3. The summed E-state index contributed by atoms with van der Waals surface area (Å²) in [6, 6.07) is 4.66. The van der Waals surface area contributed by atoms with E-state index >= 15 is 0 Å². The number of esters is 1. The highest BCUT2D eigenvalue weighted by Gasteiger charge is 2.14. The molecule has 0 saturated carbocycles. The molecule has 1 aromatic rings. The highest BCUT2D eigenvalue weighted by molar-refractivity contribution is 5.93. The summed E-state index contributed by atoms with van der Waals surface area (Å²) >= 11 is 0. The lowest BCUT2D eigenvalue weighted by molar-refractivity contribution is -0.142. The van der Waals surface area contributed by atoms with Crippen molar-refractivity contribution in [3.8, 4) is 0 Å². The molecule has 0 bridgehead atoms. The van der Waals surface area contributed by atoms with Gasteiger partial charge in [-0.1, -0.05) is 6.07 Å². The van der Waals surface area contributed by atoms with Crippen LogP contribution in [0.3, 0.4) is 0 Å². The summed E-state index contributed by atoms with van der Waals surface area (Å²) in [7, 11) is 1.30. The van der Waals surface area contributed by atoms with Crippen LogP contribution in [-0.2, 0) is 25.5 Å². The number of amides is 2. The molecule has 0 aliphatic carbocycles. The molecule has 0 aliphatic rings. The average Bonchev–Trinajstić information content (AvgIpc) is 2.47. The van der Waals surface area contributed by atoms with Gasteiger partial charge in [0.25, 0.3) is 0 Å². The Morgan fingerprint density at radius 3 is 2.39 bits per heavy atom. The van der Waals surface area contributed by atoms with Gasteiger partial charge in [-0.25, -0.2) is 0 Å². The van der Waals surface area contributed by atoms with Gasteiger partial charge in [0.15, 0.2) is 0 Å². The molecule has 4 N–H and O–H groups in total. The van der Waals surface area contributed by atoms with E-state index in [9.17, 15) is 14.4 Å². The lowest BCUT2D eigenvalue weighted by Crippen LogP contribution is -2.31. The largest absolute Gasteiger partial charge is 0.468 e. The van der Waals surface area contributed by atoms with Gasteiger partial charge in [0, 0.05) is 25.2 Å². The van der Waals surface area contributed by atoms with E-state index in [0.29, 0.717) is 30.6 Å². The molecule has 0 aliphatic heterocycles. The second kappa shape index (κ2) is 8.89. The molecule has 126 valence electrons. The summed E-state index contributed by atoms with van der Waals surface area (Å²) < 4.78 is 4.58. The van der Waals surface area contributed by atoms with Gasteiger partial charge in [0.05, 0.1) is 7.11 Å². The summed E-state index contributed by atoms with van der Waals surface area (Å²) in [5.74, 6) is -0.818. The number of benzene rings is 1. The minimum atomic E-state index is -0.650. The van der Waals surface area contributed by atoms with Crippen molar-refractivity contribution >= 4 is 29.2 Å². The first-order valence-corrected chi connectivity index (χ1v) is 7.35. The molecule has 7 nitrogen and oxygen atoms in total. The van der Waals surface area contributed by atoms with Crippen LogP contribution in [0.4, 0.5) is 11.4 Å². The molecular formula is C16H23N3O4. The summed E-state index contributed by atoms with van der Waals surface area (Å²) in [5, 5.41) is 5.42. The molecule has 23 heavy (non-hydrogen) atoms. The Bertz CT molecular complexity index is 587. The van der Waals surface area contributed by atoms with Crippen molar-refractivity contribution in [3.05, 3.63) is 23.8 Å². The van der Waals surface area contributed by atoms with E-state index < -0.39 is 12.0 Å². The number of aryl methyl sites for hydroxylation is 1. The fraction of sp³-hybridized carbons (Fsp3) is 0.438. The Morgan fingerprint density at radius 1 is 1.17 bits per heavy atom. The lowest BCUT2D eigenvalue weighted by atomic mass is 10.0. The molecule has 0 radical (unpaired) electrons. The number of ether oxygens (including phenoxy) is 1. The maximum absolute atomic E-state index is 11.3. The summed E-state index contributed by atoms with van der Waals surface area (Å²) in [6.07, 6.45) is 1.79. The molecule has 0 saturated heterocycles. The standard InChI is InChI=1S/C16H23N3O4/c1-10(20)18-13-8-7-12(15(9-13)19-11(2)21)5-4-6-14(17)16(22)23-3/h7-9,14H,4-6,17H2,1-3H3,(H,18,20)(H,19,21).